The van der Waals surface area contributed by atoms with E-state index in [4.69, 9.17) is 16.3 Å². The van der Waals surface area contributed by atoms with Crippen LogP contribution < -0.4 is 20.7 Å². The number of hydrogen-bond donors (Lipinski definition) is 3. The van der Waals surface area contributed by atoms with Crippen LogP contribution in [-0.2, 0) is 18.4 Å². The molecule has 11 nitrogen and oxygen atoms in total. The number of carbonyl (C=O) groups excluding carboxylic acids is 3. The molecule has 2 aromatic carbocycles. The second-order valence-corrected chi connectivity index (χ2v) is 13.1. The lowest BCUT2D eigenvalue weighted by atomic mass is 9.95. The monoisotopic (exact) mass is 672 g/mol. The van der Waals surface area contributed by atoms with Crippen molar-refractivity contribution in [3.05, 3.63) is 75.6 Å². The maximum Gasteiger partial charge on any atom is 0.291 e. The predicted octanol–water partition coefficient (Wildman–Crippen LogP) is 5.09. The Kier molecular flexibility index (Phi) is 9.70. The third-order valence-electron chi connectivity index (χ3n) is 7.95. The molecule has 1 aliphatic heterocycles. The van der Waals surface area contributed by atoms with E-state index in [0.717, 1.165) is 35.3 Å². The molecule has 0 saturated carbocycles. The molecule has 1 saturated heterocycles. The molecule has 46 heavy (non-hydrogen) atoms. The number of methoxy groups -OCH3 is 1. The van der Waals surface area contributed by atoms with Crippen molar-refractivity contribution in [3.8, 4) is 17.0 Å². The number of halogens is 3. The van der Waals surface area contributed by atoms with Gasteiger partial charge in [-0.05, 0) is 30.3 Å². The lowest BCUT2D eigenvalue weighted by molar-refractivity contribution is -0.895. The Morgan fingerprint density at radius 1 is 1.04 bits per heavy atom. The summed E-state index contributed by atoms with van der Waals surface area (Å²) in [5, 5.41) is 8.91. The van der Waals surface area contributed by atoms with Gasteiger partial charge in [-0.1, -0.05) is 22.9 Å². The summed E-state index contributed by atoms with van der Waals surface area (Å²) in [5.41, 5.74) is 0.569. The summed E-state index contributed by atoms with van der Waals surface area (Å²) in [7, 11) is 7.05. The van der Waals surface area contributed by atoms with Crippen LogP contribution in [0.15, 0.2) is 42.7 Å². The molecular formula is C31H33ClF2N7O4S+. The Balaban J connectivity index is 1.16. The second kappa shape index (κ2) is 13.5. The van der Waals surface area contributed by atoms with E-state index in [9.17, 15) is 23.2 Å². The topological polar surface area (TPSA) is 127 Å². The van der Waals surface area contributed by atoms with Gasteiger partial charge in [-0.3, -0.25) is 14.4 Å². The summed E-state index contributed by atoms with van der Waals surface area (Å²) in [6.45, 7) is 2.08. The van der Waals surface area contributed by atoms with Crippen LogP contribution >= 0.6 is 22.9 Å². The minimum Gasteiger partial charge on any atom is -0.494 e. The fourth-order valence-electron chi connectivity index (χ4n) is 5.17. The van der Waals surface area contributed by atoms with E-state index >= 15 is 0 Å². The smallest absolute Gasteiger partial charge is 0.291 e. The van der Waals surface area contributed by atoms with Gasteiger partial charge in [0.2, 0.25) is 11.7 Å². The van der Waals surface area contributed by atoms with Crippen molar-refractivity contribution in [2.24, 2.45) is 13.0 Å². The summed E-state index contributed by atoms with van der Waals surface area (Å²) >= 11 is 7.66. The van der Waals surface area contributed by atoms with Crippen molar-refractivity contribution < 1.29 is 32.4 Å². The maximum absolute atomic E-state index is 14.6. The number of nitrogens with zero attached hydrogens (tertiary/aromatic N) is 4. The van der Waals surface area contributed by atoms with Gasteiger partial charge < -0.3 is 29.7 Å². The van der Waals surface area contributed by atoms with E-state index in [1.54, 1.807) is 6.20 Å². The number of carbonyl (C=O) groups is 3. The van der Waals surface area contributed by atoms with Crippen LogP contribution in [0.3, 0.4) is 0 Å². The number of anilines is 2. The molecule has 3 N–H and O–H groups in total. The van der Waals surface area contributed by atoms with Gasteiger partial charge in [-0.25, -0.2) is 14.4 Å². The summed E-state index contributed by atoms with van der Waals surface area (Å²) in [6, 6.07) is 7.01. The zero-order valence-electron chi connectivity index (χ0n) is 25.6. The molecule has 0 unspecified atom stereocenters. The molecule has 1 aliphatic rings. The fourth-order valence-corrected chi connectivity index (χ4v) is 6.19. The van der Waals surface area contributed by atoms with E-state index in [2.05, 4.69) is 40.0 Å². The van der Waals surface area contributed by atoms with Crippen LogP contribution in [0.25, 0.3) is 11.3 Å². The fraction of sp³-hybridized carbons (Fsp3) is 0.323. The molecule has 15 heteroatoms. The highest BCUT2D eigenvalue weighted by Crippen LogP contribution is 2.30. The van der Waals surface area contributed by atoms with Gasteiger partial charge in [-0.2, -0.15) is 4.39 Å². The van der Waals surface area contributed by atoms with E-state index in [1.165, 1.54) is 66.6 Å². The number of thiazole rings is 1. The van der Waals surface area contributed by atoms with Crippen molar-refractivity contribution >= 4 is 51.5 Å². The van der Waals surface area contributed by atoms with Crippen molar-refractivity contribution in [2.75, 3.05) is 44.9 Å². The Morgan fingerprint density at radius 3 is 2.48 bits per heavy atom. The van der Waals surface area contributed by atoms with Crippen molar-refractivity contribution in [1.29, 1.82) is 0 Å². The highest BCUT2D eigenvalue weighted by molar-refractivity contribution is 7.15. The maximum atomic E-state index is 14.6. The molecule has 242 valence electrons. The van der Waals surface area contributed by atoms with Crippen LogP contribution in [0.5, 0.6) is 5.75 Å². The molecule has 0 bridgehead atoms. The Labute approximate surface area is 273 Å². The molecule has 2 aromatic heterocycles. The van der Waals surface area contributed by atoms with Crippen molar-refractivity contribution in [3.63, 3.8) is 0 Å². The number of nitrogens with one attached hydrogen (secondary N) is 3. The highest BCUT2D eigenvalue weighted by atomic mass is 35.5. The van der Waals surface area contributed by atoms with Crippen LogP contribution in [0.2, 0.25) is 5.02 Å². The summed E-state index contributed by atoms with van der Waals surface area (Å²) in [5.74, 6) is -3.72. The minimum atomic E-state index is -1.15. The largest absolute Gasteiger partial charge is 0.494 e. The average molecular weight is 673 g/mol. The quantitative estimate of drug-likeness (QED) is 0.213. The third kappa shape index (κ3) is 7.19. The van der Waals surface area contributed by atoms with E-state index in [1.807, 2.05) is 0 Å². The number of imidazole rings is 1. The highest BCUT2D eigenvalue weighted by Gasteiger charge is 2.31. The number of ether oxygens (including phenoxy) is 1. The first-order chi connectivity index (χ1) is 21.9. The minimum absolute atomic E-state index is 0.0338. The van der Waals surface area contributed by atoms with Crippen molar-refractivity contribution in [1.82, 2.24) is 19.9 Å². The zero-order chi connectivity index (χ0) is 33.2. The molecule has 0 radical (unpaired) electrons. The number of aromatic nitrogens is 3. The Bertz CT molecular complexity index is 1800. The summed E-state index contributed by atoms with van der Waals surface area (Å²) < 4.78 is 35.9. The lowest BCUT2D eigenvalue weighted by Gasteiger charge is -2.36. The number of likely N-dealkylation sites (tertiary alicyclic amines) is 1. The van der Waals surface area contributed by atoms with Gasteiger partial charge in [0.1, 0.15) is 0 Å². The molecule has 4 aromatic rings. The zero-order valence-corrected chi connectivity index (χ0v) is 27.2. The van der Waals surface area contributed by atoms with Gasteiger partial charge in [-0.15, -0.1) is 0 Å². The lowest BCUT2D eigenvalue weighted by Crippen LogP contribution is -2.48. The average Bonchev–Trinajstić information content (AvgIpc) is 3.63. The molecule has 0 atom stereocenters. The molecule has 1 fully saturated rings. The summed E-state index contributed by atoms with van der Waals surface area (Å²) in [6.07, 6.45) is 4.52. The standard InChI is InChI=1S/C31H32ClF2N7O4S/c1-40-23(21-7-8-24(45-4)26(34)25(21)33)16-35-27(40)30(44)38-18-5-6-20(22(32)13-18)29(43)36-14-19-15-37-31(46-19)39-28(42)17-9-11-41(2,3)12-10-17/h5-8,13,15-17H,9-12,14H2,1-4H3,(H2-,36,37,38,39,42,43,44)/p+1. The Hall–Kier alpha value is -4.40. The molecule has 3 heterocycles. The SMILES string of the molecule is COc1ccc(-c2cnc(C(=O)Nc3ccc(C(=O)NCc4cnc(NC(=O)C5CC[N+](C)(C)CC5)s4)c(Cl)c3)n2C)c(F)c1F. The third-order valence-corrected chi connectivity index (χ3v) is 9.17. The first-order valence-electron chi connectivity index (χ1n) is 14.4. The second-order valence-electron chi connectivity index (χ2n) is 11.6. The number of amides is 3. The molecule has 0 spiro atoms. The molecule has 3 amide bonds. The van der Waals surface area contributed by atoms with Gasteiger partial charge in [0, 0.05) is 48.1 Å². The number of rotatable bonds is 9. The van der Waals surface area contributed by atoms with Crippen molar-refractivity contribution in [2.45, 2.75) is 19.4 Å². The first-order valence-corrected chi connectivity index (χ1v) is 15.6. The number of quaternary nitrogens is 1. The van der Waals surface area contributed by atoms with E-state index in [0.29, 0.717) is 10.8 Å². The van der Waals surface area contributed by atoms with Gasteiger partial charge in [0.25, 0.3) is 11.8 Å². The molecule has 5 rings (SSSR count). The molecule has 0 aliphatic carbocycles. The van der Waals surface area contributed by atoms with Gasteiger partial charge >= 0.3 is 0 Å². The van der Waals surface area contributed by atoms with E-state index < -0.39 is 23.4 Å². The van der Waals surface area contributed by atoms with Crippen LogP contribution in [0, 0.1) is 17.6 Å². The van der Waals surface area contributed by atoms with Crippen LogP contribution in [0.4, 0.5) is 19.6 Å². The first kappa shape index (κ1) is 33.0. The van der Waals surface area contributed by atoms with E-state index in [-0.39, 0.29) is 51.8 Å². The normalized spacial score (nSPS) is 14.5. The number of hydrogen-bond acceptors (Lipinski definition) is 7. The molecular weight excluding hydrogens is 640 g/mol. The van der Waals surface area contributed by atoms with Gasteiger partial charge in [0.15, 0.2) is 22.5 Å². The van der Waals surface area contributed by atoms with Crippen LogP contribution in [-0.4, -0.2) is 71.0 Å². The van der Waals surface area contributed by atoms with Crippen LogP contribution in [0.1, 0.15) is 38.7 Å². The predicted molar refractivity (Wildman–Crippen MR) is 171 cm³/mol. The van der Waals surface area contributed by atoms with Gasteiger partial charge in [0.05, 0.1) is 63.3 Å². The number of benzene rings is 2. The summed E-state index contributed by atoms with van der Waals surface area (Å²) in [4.78, 5) is 47.6. The Morgan fingerprint density at radius 2 is 1.78 bits per heavy atom. The number of piperidine rings is 1.